The number of nitrogens with zero attached hydrogens (tertiary/aromatic N) is 2. The molecule has 128 valence electrons. The van der Waals surface area contributed by atoms with Crippen molar-refractivity contribution in [3.05, 3.63) is 69.2 Å². The van der Waals surface area contributed by atoms with Gasteiger partial charge in [0.05, 0.1) is 26.3 Å². The minimum Gasteiger partial charge on any atom is -0.388 e. The van der Waals surface area contributed by atoms with Crippen molar-refractivity contribution in [2.45, 2.75) is 4.90 Å². The van der Waals surface area contributed by atoms with Gasteiger partial charge in [-0.1, -0.05) is 47.5 Å². The largest absolute Gasteiger partial charge is 0.388 e. The number of halogens is 2. The van der Waals surface area contributed by atoms with Gasteiger partial charge in [0, 0.05) is 18.3 Å². The fourth-order valence-corrected chi connectivity index (χ4v) is 3.59. The first-order chi connectivity index (χ1) is 12.1. The highest BCUT2D eigenvalue weighted by Crippen LogP contribution is 2.32. The van der Waals surface area contributed by atoms with E-state index in [-0.39, 0.29) is 5.56 Å². The van der Waals surface area contributed by atoms with Gasteiger partial charge in [-0.05, 0) is 24.5 Å². The zero-order valence-corrected chi connectivity index (χ0v) is 15.9. The van der Waals surface area contributed by atoms with E-state index in [1.165, 1.54) is 22.7 Å². The predicted molar refractivity (Wildman–Crippen MR) is 107 cm³/mol. The average molecular weight is 392 g/mol. The number of hydrogen-bond donors (Lipinski definition) is 1. The summed E-state index contributed by atoms with van der Waals surface area (Å²) < 4.78 is 1.42. The third-order valence-electron chi connectivity index (χ3n) is 3.78. The third-order valence-corrected chi connectivity index (χ3v) is 5.36. The van der Waals surface area contributed by atoms with Gasteiger partial charge in [0.15, 0.2) is 0 Å². The van der Waals surface area contributed by atoms with Crippen molar-refractivity contribution >= 4 is 40.7 Å². The molecular formula is C18H15Cl2N3OS. The van der Waals surface area contributed by atoms with Gasteiger partial charge < -0.3 is 5.32 Å². The van der Waals surface area contributed by atoms with E-state index in [0.717, 1.165) is 11.3 Å². The topological polar surface area (TPSA) is 46.9 Å². The van der Waals surface area contributed by atoms with Gasteiger partial charge in [-0.15, -0.1) is 11.8 Å². The van der Waals surface area contributed by atoms with E-state index in [2.05, 4.69) is 10.3 Å². The quantitative estimate of drug-likeness (QED) is 0.637. The van der Waals surface area contributed by atoms with Crippen molar-refractivity contribution in [1.29, 1.82) is 0 Å². The average Bonchev–Trinajstić information content (AvgIpc) is 2.64. The molecule has 25 heavy (non-hydrogen) atoms. The SMILES string of the molecule is CNc1ccccc1-c1ncn(-c2cccc(Cl)c2Cl)c(=O)c1SC. The summed E-state index contributed by atoms with van der Waals surface area (Å²) in [6.45, 7) is 0. The van der Waals surface area contributed by atoms with Gasteiger partial charge >= 0.3 is 0 Å². The van der Waals surface area contributed by atoms with E-state index in [1.807, 2.05) is 37.6 Å². The molecule has 1 N–H and O–H groups in total. The van der Waals surface area contributed by atoms with Crippen LogP contribution in [0.5, 0.6) is 0 Å². The highest BCUT2D eigenvalue weighted by Gasteiger charge is 2.17. The smallest absolute Gasteiger partial charge is 0.272 e. The van der Waals surface area contributed by atoms with Crippen molar-refractivity contribution in [3.63, 3.8) is 0 Å². The van der Waals surface area contributed by atoms with Crippen LogP contribution in [0.3, 0.4) is 0 Å². The maximum absolute atomic E-state index is 13.0. The molecular weight excluding hydrogens is 377 g/mol. The summed E-state index contributed by atoms with van der Waals surface area (Å²) in [6, 6.07) is 12.9. The van der Waals surface area contributed by atoms with Crippen LogP contribution in [0.25, 0.3) is 16.9 Å². The van der Waals surface area contributed by atoms with Gasteiger partial charge in [-0.25, -0.2) is 4.98 Å². The van der Waals surface area contributed by atoms with Crippen LogP contribution in [0.2, 0.25) is 10.0 Å². The number of thioether (sulfide) groups is 1. The first-order valence-electron chi connectivity index (χ1n) is 7.45. The van der Waals surface area contributed by atoms with Crippen LogP contribution in [0, 0.1) is 0 Å². The number of hydrogen-bond acceptors (Lipinski definition) is 4. The lowest BCUT2D eigenvalue weighted by molar-refractivity contribution is 0.897. The van der Waals surface area contributed by atoms with Gasteiger partial charge in [0.25, 0.3) is 5.56 Å². The Labute approximate surface area is 159 Å². The number of benzene rings is 2. The minimum atomic E-state index is -0.187. The summed E-state index contributed by atoms with van der Waals surface area (Å²) in [5, 5.41) is 3.84. The Kier molecular flexibility index (Phi) is 5.37. The third kappa shape index (κ3) is 3.27. The molecule has 0 aliphatic heterocycles. The Bertz CT molecular complexity index is 988. The number of para-hydroxylation sites is 1. The van der Waals surface area contributed by atoms with Crippen molar-refractivity contribution in [2.24, 2.45) is 0 Å². The van der Waals surface area contributed by atoms with Crippen LogP contribution in [0.1, 0.15) is 0 Å². The molecule has 0 radical (unpaired) electrons. The lowest BCUT2D eigenvalue weighted by Gasteiger charge is -2.14. The zero-order valence-electron chi connectivity index (χ0n) is 13.6. The first-order valence-corrected chi connectivity index (χ1v) is 9.43. The van der Waals surface area contributed by atoms with Gasteiger partial charge in [-0.3, -0.25) is 9.36 Å². The normalized spacial score (nSPS) is 10.7. The van der Waals surface area contributed by atoms with E-state index in [1.54, 1.807) is 18.2 Å². The highest BCUT2D eigenvalue weighted by atomic mass is 35.5. The van der Waals surface area contributed by atoms with Crippen LogP contribution in [0.15, 0.2) is 58.5 Å². The van der Waals surface area contributed by atoms with Crippen molar-refractivity contribution in [3.8, 4) is 16.9 Å². The zero-order chi connectivity index (χ0) is 18.0. The summed E-state index contributed by atoms with van der Waals surface area (Å²) in [7, 11) is 1.84. The molecule has 7 heteroatoms. The Hall–Kier alpha value is -1.95. The molecule has 0 atom stereocenters. The van der Waals surface area contributed by atoms with Crippen molar-refractivity contribution < 1.29 is 0 Å². The Morgan fingerprint density at radius 2 is 1.88 bits per heavy atom. The van der Waals surface area contributed by atoms with Gasteiger partial charge in [-0.2, -0.15) is 0 Å². The molecule has 0 spiro atoms. The molecule has 0 aliphatic rings. The highest BCUT2D eigenvalue weighted by molar-refractivity contribution is 7.98. The maximum atomic E-state index is 13.0. The lowest BCUT2D eigenvalue weighted by atomic mass is 10.1. The summed E-state index contributed by atoms with van der Waals surface area (Å²) in [5.41, 5.74) is 2.74. The summed E-state index contributed by atoms with van der Waals surface area (Å²) in [4.78, 5) is 18.1. The molecule has 0 saturated heterocycles. The standard InChI is InChI=1S/C18H15Cl2N3OS/c1-21-13-8-4-3-6-11(13)16-17(25-2)18(24)23(10-22-16)14-9-5-7-12(19)15(14)20/h3-10,21H,1-2H3. The molecule has 1 heterocycles. The molecule has 0 unspecified atom stereocenters. The molecule has 3 rings (SSSR count). The van der Waals surface area contributed by atoms with Crippen LogP contribution in [-0.2, 0) is 0 Å². The van der Waals surface area contributed by atoms with Crippen LogP contribution >= 0.6 is 35.0 Å². The molecule has 0 bridgehead atoms. The van der Waals surface area contributed by atoms with Crippen LogP contribution in [-0.4, -0.2) is 22.9 Å². The molecule has 3 aromatic rings. The van der Waals surface area contributed by atoms with E-state index in [4.69, 9.17) is 23.2 Å². The summed E-state index contributed by atoms with van der Waals surface area (Å²) >= 11 is 13.7. The monoisotopic (exact) mass is 391 g/mol. The maximum Gasteiger partial charge on any atom is 0.272 e. The fraction of sp³-hybridized carbons (Fsp3) is 0.111. The molecule has 0 saturated carbocycles. The Morgan fingerprint density at radius 1 is 1.12 bits per heavy atom. The van der Waals surface area contributed by atoms with E-state index >= 15 is 0 Å². The minimum absolute atomic E-state index is 0.187. The van der Waals surface area contributed by atoms with E-state index in [0.29, 0.717) is 26.3 Å². The number of rotatable bonds is 4. The molecule has 1 aromatic heterocycles. The summed E-state index contributed by atoms with van der Waals surface area (Å²) in [6.07, 6.45) is 3.34. The van der Waals surface area contributed by atoms with Crippen LogP contribution in [0.4, 0.5) is 5.69 Å². The Morgan fingerprint density at radius 3 is 2.60 bits per heavy atom. The molecule has 4 nitrogen and oxygen atoms in total. The second-order valence-corrected chi connectivity index (χ2v) is 6.77. The fourth-order valence-electron chi connectivity index (χ4n) is 2.57. The van der Waals surface area contributed by atoms with Gasteiger partial charge in [0.1, 0.15) is 6.33 Å². The predicted octanol–water partition coefficient (Wildman–Crippen LogP) is 4.97. The number of aromatic nitrogens is 2. The Balaban J connectivity index is 2.25. The van der Waals surface area contributed by atoms with E-state index < -0.39 is 0 Å². The van der Waals surface area contributed by atoms with Crippen molar-refractivity contribution in [1.82, 2.24) is 9.55 Å². The molecule has 0 aliphatic carbocycles. The summed E-state index contributed by atoms with van der Waals surface area (Å²) in [5.74, 6) is 0. The second kappa shape index (κ2) is 7.52. The lowest BCUT2D eigenvalue weighted by Crippen LogP contribution is -2.21. The van der Waals surface area contributed by atoms with E-state index in [9.17, 15) is 4.79 Å². The van der Waals surface area contributed by atoms with Crippen LogP contribution < -0.4 is 10.9 Å². The first kappa shape index (κ1) is 17.9. The second-order valence-electron chi connectivity index (χ2n) is 5.17. The van der Waals surface area contributed by atoms with Crippen molar-refractivity contribution in [2.75, 3.05) is 18.6 Å². The number of anilines is 1. The molecule has 2 aromatic carbocycles. The number of nitrogens with one attached hydrogen (secondary N) is 1. The van der Waals surface area contributed by atoms with Gasteiger partial charge in [0.2, 0.25) is 0 Å². The molecule has 0 amide bonds. The molecule has 0 fully saturated rings.